The van der Waals surface area contributed by atoms with Crippen LogP contribution in [0.3, 0.4) is 0 Å². The number of methoxy groups -OCH3 is 1. The van der Waals surface area contributed by atoms with E-state index in [1.807, 2.05) is 0 Å². The predicted octanol–water partition coefficient (Wildman–Crippen LogP) is 2.51. The fraction of sp³-hybridized carbons (Fsp3) is 0.130. The molecule has 0 aliphatic carbocycles. The lowest BCUT2D eigenvalue weighted by Crippen LogP contribution is -2.17. The van der Waals surface area contributed by atoms with E-state index in [1.54, 1.807) is 31.2 Å². The highest BCUT2D eigenvalue weighted by molar-refractivity contribution is 5.78. The van der Waals surface area contributed by atoms with Crippen molar-refractivity contribution < 1.29 is 23.6 Å². The van der Waals surface area contributed by atoms with Gasteiger partial charge in [0, 0.05) is 29.8 Å². The van der Waals surface area contributed by atoms with Crippen LogP contribution in [0.1, 0.15) is 33.7 Å². The van der Waals surface area contributed by atoms with Crippen LogP contribution in [0.5, 0.6) is 11.5 Å². The number of hydrogen-bond acceptors (Lipinski definition) is 10. The third-order valence-electron chi connectivity index (χ3n) is 5.49. The maximum absolute atomic E-state index is 15.1. The summed E-state index contributed by atoms with van der Waals surface area (Å²) in [7, 11) is 1.33. The fourth-order valence-electron chi connectivity index (χ4n) is 3.70. The molecule has 37 heavy (non-hydrogen) atoms. The second-order valence-corrected chi connectivity index (χ2v) is 7.86. The van der Waals surface area contributed by atoms with Gasteiger partial charge < -0.3 is 19.7 Å². The Morgan fingerprint density at radius 2 is 2.05 bits per heavy atom. The van der Waals surface area contributed by atoms with E-state index in [-0.39, 0.29) is 28.5 Å². The number of halogens is 1. The lowest BCUT2D eigenvalue weighted by Gasteiger charge is -2.20. The average Bonchev–Trinajstić information content (AvgIpc) is 3.63. The number of phenols is 1. The van der Waals surface area contributed by atoms with Crippen LogP contribution in [-0.2, 0) is 0 Å². The molecule has 1 atom stereocenters. The van der Waals surface area contributed by atoms with E-state index in [9.17, 15) is 14.7 Å². The SMILES string of the molecule is COc1cc(C(Nc2ccc(-c3noc(C)n3)cc2)c2nn(-c3[nH]ncc3C=O)c(=O)[nH]2)c(F)cc1O. The summed E-state index contributed by atoms with van der Waals surface area (Å²) >= 11 is 0. The van der Waals surface area contributed by atoms with Gasteiger partial charge >= 0.3 is 5.69 Å². The van der Waals surface area contributed by atoms with E-state index in [0.29, 0.717) is 29.3 Å². The zero-order valence-corrected chi connectivity index (χ0v) is 19.4. The van der Waals surface area contributed by atoms with Crippen LogP contribution in [0.25, 0.3) is 17.2 Å². The van der Waals surface area contributed by atoms with E-state index >= 15 is 4.39 Å². The third kappa shape index (κ3) is 4.42. The number of carbonyl (C=O) groups is 1. The van der Waals surface area contributed by atoms with Crippen molar-refractivity contribution in [3.63, 3.8) is 0 Å². The molecule has 0 saturated carbocycles. The highest BCUT2D eigenvalue weighted by Crippen LogP contribution is 2.35. The van der Waals surface area contributed by atoms with Crippen molar-refractivity contribution in [2.24, 2.45) is 0 Å². The third-order valence-corrected chi connectivity index (χ3v) is 5.49. The number of benzene rings is 2. The monoisotopic (exact) mass is 506 g/mol. The molecule has 0 amide bonds. The van der Waals surface area contributed by atoms with Crippen LogP contribution >= 0.6 is 0 Å². The zero-order chi connectivity index (χ0) is 26.1. The fourth-order valence-corrected chi connectivity index (χ4v) is 3.70. The van der Waals surface area contributed by atoms with Crippen molar-refractivity contribution in [3.05, 3.63) is 81.7 Å². The Morgan fingerprint density at radius 1 is 1.27 bits per heavy atom. The van der Waals surface area contributed by atoms with Crippen LogP contribution < -0.4 is 15.7 Å². The second-order valence-electron chi connectivity index (χ2n) is 7.86. The molecule has 0 radical (unpaired) electrons. The summed E-state index contributed by atoms with van der Waals surface area (Å²) in [4.78, 5) is 30.8. The first-order valence-corrected chi connectivity index (χ1v) is 10.8. The number of anilines is 1. The summed E-state index contributed by atoms with van der Waals surface area (Å²) in [5.41, 5.74) is 0.659. The number of nitrogens with one attached hydrogen (secondary N) is 3. The van der Waals surface area contributed by atoms with E-state index in [2.05, 4.69) is 35.7 Å². The Balaban J connectivity index is 1.58. The van der Waals surface area contributed by atoms with Crippen LogP contribution in [0, 0.1) is 12.7 Å². The molecule has 5 aromatic rings. The molecular weight excluding hydrogens is 487 g/mol. The quantitative estimate of drug-likeness (QED) is 0.229. The molecule has 0 spiro atoms. The number of aromatic hydroxyl groups is 1. The van der Waals surface area contributed by atoms with E-state index in [4.69, 9.17) is 9.26 Å². The lowest BCUT2D eigenvalue weighted by atomic mass is 10.0. The van der Waals surface area contributed by atoms with Gasteiger partial charge in [0.15, 0.2) is 29.4 Å². The molecule has 14 heteroatoms. The molecule has 5 rings (SSSR count). The van der Waals surface area contributed by atoms with Gasteiger partial charge in [0.2, 0.25) is 11.7 Å². The summed E-state index contributed by atoms with van der Waals surface area (Å²) in [6.07, 6.45) is 1.77. The molecule has 0 saturated heterocycles. The molecule has 0 fully saturated rings. The summed E-state index contributed by atoms with van der Waals surface area (Å²) < 4.78 is 26.2. The zero-order valence-electron chi connectivity index (χ0n) is 19.4. The maximum atomic E-state index is 15.1. The summed E-state index contributed by atoms with van der Waals surface area (Å²) in [6.45, 7) is 1.68. The first-order chi connectivity index (χ1) is 17.9. The van der Waals surface area contributed by atoms with Gasteiger partial charge in [-0.2, -0.15) is 14.8 Å². The van der Waals surface area contributed by atoms with Crippen molar-refractivity contribution in [3.8, 4) is 28.7 Å². The smallest absolute Gasteiger partial charge is 0.349 e. The van der Waals surface area contributed by atoms with Gasteiger partial charge in [-0.05, 0) is 30.3 Å². The minimum Gasteiger partial charge on any atom is -0.504 e. The molecule has 0 bridgehead atoms. The minimum absolute atomic E-state index is 0.0148. The van der Waals surface area contributed by atoms with Crippen LogP contribution in [0.15, 0.2) is 51.9 Å². The Kier molecular flexibility index (Phi) is 5.97. The highest BCUT2D eigenvalue weighted by Gasteiger charge is 2.26. The van der Waals surface area contributed by atoms with Crippen LogP contribution in [-0.4, -0.2) is 53.6 Å². The molecule has 13 nitrogen and oxygen atoms in total. The van der Waals surface area contributed by atoms with Crippen LogP contribution in [0.2, 0.25) is 0 Å². The van der Waals surface area contributed by atoms with E-state index < -0.39 is 23.3 Å². The summed E-state index contributed by atoms with van der Waals surface area (Å²) in [5, 5.41) is 27.6. The highest BCUT2D eigenvalue weighted by atomic mass is 19.1. The number of rotatable bonds is 8. The second kappa shape index (κ2) is 9.41. The molecule has 3 heterocycles. The Bertz CT molecular complexity index is 1640. The summed E-state index contributed by atoms with van der Waals surface area (Å²) in [5.74, 6) is -0.267. The first kappa shape index (κ1) is 23.5. The van der Waals surface area contributed by atoms with Crippen molar-refractivity contribution in [1.29, 1.82) is 0 Å². The molecule has 1 unspecified atom stereocenters. The molecule has 2 aromatic carbocycles. The molecular formula is C23H19FN8O5. The van der Waals surface area contributed by atoms with Crippen molar-refractivity contribution in [2.75, 3.05) is 12.4 Å². The number of nitrogens with zero attached hydrogens (tertiary/aromatic N) is 5. The van der Waals surface area contributed by atoms with E-state index in [0.717, 1.165) is 10.7 Å². The van der Waals surface area contributed by atoms with Gasteiger partial charge in [-0.3, -0.25) is 14.9 Å². The number of aldehydes is 1. The molecule has 0 aliphatic rings. The number of phenolic OH excluding ortho intramolecular Hbond substituents is 1. The van der Waals surface area contributed by atoms with Gasteiger partial charge in [0.1, 0.15) is 11.9 Å². The van der Waals surface area contributed by atoms with Gasteiger partial charge in [0.05, 0.1) is 18.9 Å². The van der Waals surface area contributed by atoms with Crippen molar-refractivity contribution in [1.82, 2.24) is 35.1 Å². The van der Waals surface area contributed by atoms with Gasteiger partial charge in [-0.15, -0.1) is 5.10 Å². The van der Waals surface area contributed by atoms with Crippen molar-refractivity contribution >= 4 is 12.0 Å². The number of carbonyl (C=O) groups excluding carboxylic acids is 1. The number of ether oxygens (including phenoxy) is 1. The Morgan fingerprint density at radius 3 is 2.73 bits per heavy atom. The van der Waals surface area contributed by atoms with Crippen LogP contribution in [0.4, 0.5) is 10.1 Å². The first-order valence-electron chi connectivity index (χ1n) is 10.8. The minimum atomic E-state index is -1.05. The van der Waals surface area contributed by atoms with Gasteiger partial charge in [-0.25, -0.2) is 9.18 Å². The van der Waals surface area contributed by atoms with E-state index in [1.165, 1.54) is 19.4 Å². The van der Waals surface area contributed by atoms with Gasteiger partial charge in [-0.1, -0.05) is 5.16 Å². The molecule has 4 N–H and O–H groups in total. The summed E-state index contributed by atoms with van der Waals surface area (Å²) in [6, 6.07) is 8.03. The topological polar surface area (TPSA) is 177 Å². The number of H-pyrrole nitrogens is 2. The Hall–Kier alpha value is -5.27. The average molecular weight is 506 g/mol. The maximum Gasteiger partial charge on any atom is 0.349 e. The molecule has 3 aromatic heterocycles. The number of aromatic nitrogens is 7. The number of hydrogen-bond donors (Lipinski definition) is 4. The number of aryl methyl sites for hydroxylation is 1. The largest absolute Gasteiger partial charge is 0.504 e. The molecule has 188 valence electrons. The Labute approximate surface area is 206 Å². The van der Waals surface area contributed by atoms with Crippen molar-refractivity contribution in [2.45, 2.75) is 13.0 Å². The standard InChI is InChI=1S/C23H19FN8O5/c1-11-26-20(31-37-11)12-3-5-14(6-4-12)27-19(15-7-18(36-2)17(34)8-16(15)24)21-28-23(35)32(30-21)22-13(10-33)9-25-29-22/h3-10,19,27,34H,1-2H3,(H,25,29)(H,28,30,35). The molecule has 0 aliphatic heterocycles. The van der Waals surface area contributed by atoms with Gasteiger partial charge in [0.25, 0.3) is 0 Å². The predicted molar refractivity (Wildman–Crippen MR) is 126 cm³/mol. The normalized spacial score (nSPS) is 11.9. The lowest BCUT2D eigenvalue weighted by molar-refractivity contribution is 0.112. The number of aromatic amines is 2.